The molecule has 3 heterocycles. The van der Waals surface area contributed by atoms with E-state index < -0.39 is 5.66 Å². The minimum atomic E-state index is -1.23. The molecule has 4 aromatic rings. The zero-order chi connectivity index (χ0) is 19.0. The van der Waals surface area contributed by atoms with Crippen molar-refractivity contribution in [2.45, 2.75) is 5.66 Å². The van der Waals surface area contributed by atoms with Crippen molar-refractivity contribution in [1.82, 2.24) is 9.55 Å². The van der Waals surface area contributed by atoms with Crippen LogP contribution in [0.3, 0.4) is 0 Å². The van der Waals surface area contributed by atoms with Crippen molar-refractivity contribution in [3.63, 3.8) is 0 Å². The molecule has 1 spiro atoms. The molecule has 6 rings (SSSR count). The maximum absolute atomic E-state index is 13.5. The molecule has 1 aromatic heterocycles. The highest BCUT2D eigenvalue weighted by Crippen LogP contribution is 2.50. The van der Waals surface area contributed by atoms with Gasteiger partial charge in [0, 0.05) is 21.8 Å². The Morgan fingerprint density at radius 1 is 1.00 bits per heavy atom. The van der Waals surface area contributed by atoms with Crippen LogP contribution in [0.5, 0.6) is 0 Å². The number of hydrogen-bond donors (Lipinski definition) is 2. The van der Waals surface area contributed by atoms with E-state index in [1.54, 1.807) is 12.1 Å². The van der Waals surface area contributed by atoms with Crippen LogP contribution in [0, 0.1) is 0 Å². The van der Waals surface area contributed by atoms with Gasteiger partial charge in [0.25, 0.3) is 5.91 Å². The Morgan fingerprint density at radius 3 is 2.68 bits per heavy atom. The smallest absolute Gasteiger partial charge is 0.276 e. The topological polar surface area (TPSA) is 59.0 Å². The summed E-state index contributed by atoms with van der Waals surface area (Å²) in [6.07, 6.45) is 0. The third-order valence-electron chi connectivity index (χ3n) is 5.39. The number of benzene rings is 3. The number of anilines is 2. The van der Waals surface area contributed by atoms with E-state index in [0.717, 1.165) is 28.1 Å². The van der Waals surface area contributed by atoms with Gasteiger partial charge in [0.05, 0.1) is 21.7 Å². The third kappa shape index (κ3) is 1.83. The van der Waals surface area contributed by atoms with E-state index in [0.29, 0.717) is 21.3 Å². The largest absolute Gasteiger partial charge is 0.350 e. The number of nitrogens with one attached hydrogen (secondary N) is 2. The van der Waals surface area contributed by atoms with E-state index in [4.69, 9.17) is 28.2 Å². The Labute approximate surface area is 169 Å². The lowest BCUT2D eigenvalue weighted by molar-refractivity contribution is -0.120. The van der Waals surface area contributed by atoms with Crippen molar-refractivity contribution in [3.8, 4) is 11.4 Å². The second-order valence-electron chi connectivity index (χ2n) is 6.90. The molecule has 136 valence electrons. The molecule has 1 atom stereocenters. The monoisotopic (exact) mass is 406 g/mol. The van der Waals surface area contributed by atoms with Crippen LogP contribution in [-0.4, -0.2) is 15.5 Å². The van der Waals surface area contributed by atoms with Crippen molar-refractivity contribution in [2.24, 2.45) is 0 Å². The van der Waals surface area contributed by atoms with Crippen LogP contribution in [0.1, 0.15) is 5.56 Å². The number of para-hydroxylation sites is 3. The van der Waals surface area contributed by atoms with E-state index in [-0.39, 0.29) is 5.91 Å². The molecular weight excluding hydrogens is 395 g/mol. The molecule has 1 amide bonds. The first-order valence-corrected chi connectivity index (χ1v) is 9.52. The fourth-order valence-electron chi connectivity index (χ4n) is 4.24. The van der Waals surface area contributed by atoms with E-state index in [9.17, 15) is 4.79 Å². The number of nitrogens with zero attached hydrogens (tertiary/aromatic N) is 2. The van der Waals surface area contributed by atoms with Gasteiger partial charge in [0.15, 0.2) is 0 Å². The van der Waals surface area contributed by atoms with E-state index in [1.807, 2.05) is 53.1 Å². The SMILES string of the molecule is O=C1Nc2c(Cl)cc(Cl)cc2[C@@]12Nc1ccccc1-c1nc3ccccc3n12. The summed E-state index contributed by atoms with van der Waals surface area (Å²) in [6.45, 7) is 0. The van der Waals surface area contributed by atoms with Crippen molar-refractivity contribution in [2.75, 3.05) is 10.6 Å². The summed E-state index contributed by atoms with van der Waals surface area (Å²) < 4.78 is 1.94. The van der Waals surface area contributed by atoms with Gasteiger partial charge >= 0.3 is 0 Å². The fourth-order valence-corrected chi connectivity index (χ4v) is 4.78. The molecule has 0 unspecified atom stereocenters. The molecule has 0 fully saturated rings. The van der Waals surface area contributed by atoms with Gasteiger partial charge < -0.3 is 10.6 Å². The van der Waals surface area contributed by atoms with Crippen molar-refractivity contribution in [1.29, 1.82) is 0 Å². The number of carbonyl (C=O) groups is 1. The van der Waals surface area contributed by atoms with Gasteiger partial charge in [-0.3, -0.25) is 9.36 Å². The molecule has 2 aliphatic heterocycles. The highest BCUT2D eigenvalue weighted by Gasteiger charge is 2.53. The van der Waals surface area contributed by atoms with Gasteiger partial charge in [-0.05, 0) is 36.4 Å². The van der Waals surface area contributed by atoms with Crippen molar-refractivity contribution < 1.29 is 4.79 Å². The molecule has 0 saturated carbocycles. The molecular formula is C21H12Cl2N4O. The Hall–Kier alpha value is -3.02. The molecule has 3 aromatic carbocycles. The molecule has 0 radical (unpaired) electrons. The van der Waals surface area contributed by atoms with E-state index in [1.165, 1.54) is 0 Å². The average Bonchev–Trinajstić information content (AvgIpc) is 3.20. The van der Waals surface area contributed by atoms with Gasteiger partial charge in [-0.2, -0.15) is 0 Å². The van der Waals surface area contributed by atoms with Crippen LogP contribution < -0.4 is 10.6 Å². The van der Waals surface area contributed by atoms with Crippen LogP contribution in [0.15, 0.2) is 60.7 Å². The van der Waals surface area contributed by atoms with Crippen LogP contribution >= 0.6 is 23.2 Å². The number of rotatable bonds is 0. The lowest BCUT2D eigenvalue weighted by atomic mass is 9.95. The molecule has 0 aliphatic carbocycles. The van der Waals surface area contributed by atoms with Crippen LogP contribution in [-0.2, 0) is 10.5 Å². The molecule has 2 N–H and O–H groups in total. The minimum Gasteiger partial charge on any atom is -0.350 e. The van der Waals surface area contributed by atoms with Gasteiger partial charge in [-0.25, -0.2) is 4.98 Å². The third-order valence-corrected chi connectivity index (χ3v) is 5.91. The van der Waals surface area contributed by atoms with Crippen LogP contribution in [0.2, 0.25) is 10.0 Å². The van der Waals surface area contributed by atoms with Crippen LogP contribution in [0.25, 0.3) is 22.4 Å². The molecule has 28 heavy (non-hydrogen) atoms. The highest BCUT2D eigenvalue weighted by atomic mass is 35.5. The van der Waals surface area contributed by atoms with Gasteiger partial charge in [0.1, 0.15) is 5.82 Å². The summed E-state index contributed by atoms with van der Waals surface area (Å²) in [5.74, 6) is 0.486. The normalized spacial score (nSPS) is 19.1. The second-order valence-corrected chi connectivity index (χ2v) is 7.75. The first-order valence-electron chi connectivity index (χ1n) is 8.76. The Morgan fingerprint density at radius 2 is 1.79 bits per heavy atom. The fraction of sp³-hybridized carbons (Fsp3) is 0.0476. The Bertz CT molecular complexity index is 1330. The number of halogens is 2. The number of imidazole rings is 1. The highest BCUT2D eigenvalue weighted by molar-refractivity contribution is 6.38. The summed E-state index contributed by atoms with van der Waals surface area (Å²) in [7, 11) is 0. The maximum atomic E-state index is 13.5. The summed E-state index contributed by atoms with van der Waals surface area (Å²) in [5.41, 5.74) is 3.41. The summed E-state index contributed by atoms with van der Waals surface area (Å²) in [4.78, 5) is 18.3. The number of hydrogen-bond acceptors (Lipinski definition) is 3. The van der Waals surface area contributed by atoms with Gasteiger partial charge in [-0.15, -0.1) is 0 Å². The average molecular weight is 407 g/mol. The zero-order valence-electron chi connectivity index (χ0n) is 14.3. The quantitative estimate of drug-likeness (QED) is 0.427. The maximum Gasteiger partial charge on any atom is 0.276 e. The Balaban J connectivity index is 1.80. The van der Waals surface area contributed by atoms with Crippen molar-refractivity contribution >= 4 is 51.5 Å². The lowest BCUT2D eigenvalue weighted by Crippen LogP contribution is -2.50. The standard InChI is InChI=1S/C21H12Cl2N4O/c22-11-9-13-18(14(23)10-11)25-20(28)21(13)26-15-6-2-1-5-12(15)19-24-16-7-3-4-8-17(16)27(19)21/h1-10,26H,(H,25,28)/t21-/m0/s1. The molecule has 7 heteroatoms. The van der Waals surface area contributed by atoms with Gasteiger partial charge in [0.2, 0.25) is 5.66 Å². The second kappa shape index (κ2) is 5.28. The number of fused-ring (bicyclic) bond motifs is 8. The first kappa shape index (κ1) is 16.0. The Kier molecular flexibility index (Phi) is 3.01. The zero-order valence-corrected chi connectivity index (χ0v) is 15.8. The summed E-state index contributed by atoms with van der Waals surface area (Å²) in [6, 6.07) is 19.0. The predicted octanol–water partition coefficient (Wildman–Crippen LogP) is 5.09. The van der Waals surface area contributed by atoms with Crippen LogP contribution in [0.4, 0.5) is 11.4 Å². The summed E-state index contributed by atoms with van der Waals surface area (Å²) in [5, 5.41) is 7.27. The molecule has 5 nitrogen and oxygen atoms in total. The molecule has 0 saturated heterocycles. The number of aromatic nitrogens is 2. The summed E-state index contributed by atoms with van der Waals surface area (Å²) >= 11 is 12.7. The van der Waals surface area contributed by atoms with Gasteiger partial charge in [-0.1, -0.05) is 47.5 Å². The minimum absolute atomic E-state index is 0.231. The predicted molar refractivity (Wildman–Crippen MR) is 111 cm³/mol. The van der Waals surface area contributed by atoms with E-state index in [2.05, 4.69) is 10.6 Å². The first-order chi connectivity index (χ1) is 13.6. The lowest BCUT2D eigenvalue weighted by Gasteiger charge is -2.37. The number of amides is 1. The molecule has 2 aliphatic rings. The number of carbonyl (C=O) groups excluding carboxylic acids is 1. The molecule has 0 bridgehead atoms. The van der Waals surface area contributed by atoms with Crippen molar-refractivity contribution in [3.05, 3.63) is 76.3 Å². The van der Waals surface area contributed by atoms with E-state index >= 15 is 0 Å².